The third-order valence-electron chi connectivity index (χ3n) is 4.07. The average molecular weight is 202 g/mol. The molecule has 1 aliphatic carbocycles. The minimum atomic E-state index is 0.113. The van der Waals surface area contributed by atoms with E-state index >= 15 is 0 Å². The van der Waals surface area contributed by atoms with E-state index in [9.17, 15) is 0 Å². The molecule has 2 aliphatic rings. The van der Waals surface area contributed by atoms with Crippen LogP contribution in [0.1, 0.15) is 30.9 Å². The fourth-order valence-corrected chi connectivity index (χ4v) is 2.56. The second-order valence-electron chi connectivity index (χ2n) is 5.08. The topological polar surface area (TPSA) is 29.3 Å². The Kier molecular flexibility index (Phi) is 1.91. The van der Waals surface area contributed by atoms with Gasteiger partial charge in [0.05, 0.1) is 0 Å². The van der Waals surface area contributed by atoms with Crippen LogP contribution in [0.15, 0.2) is 24.3 Å². The summed E-state index contributed by atoms with van der Waals surface area (Å²) in [6.45, 7) is 4.44. The number of rotatable bonds is 2. The van der Waals surface area contributed by atoms with Crippen molar-refractivity contribution < 1.29 is 0 Å². The monoisotopic (exact) mass is 202 g/mol. The highest BCUT2D eigenvalue weighted by Gasteiger charge is 2.46. The lowest BCUT2D eigenvalue weighted by molar-refractivity contribution is 0.177. The van der Waals surface area contributed by atoms with Gasteiger partial charge in [-0.1, -0.05) is 24.3 Å². The maximum atomic E-state index is 6.26. The molecule has 1 fully saturated rings. The summed E-state index contributed by atoms with van der Waals surface area (Å²) in [5.41, 5.74) is 9.34. The lowest BCUT2D eigenvalue weighted by Gasteiger charge is -2.29. The SMILES string of the molecule is CC(N1Cc2ccccc2C1)C1(N)CC1. The second-order valence-corrected chi connectivity index (χ2v) is 5.08. The molecule has 2 nitrogen and oxygen atoms in total. The quantitative estimate of drug-likeness (QED) is 0.793. The van der Waals surface area contributed by atoms with E-state index < -0.39 is 0 Å². The summed E-state index contributed by atoms with van der Waals surface area (Å²) in [6.07, 6.45) is 2.39. The van der Waals surface area contributed by atoms with Gasteiger partial charge in [0.25, 0.3) is 0 Å². The summed E-state index contributed by atoms with van der Waals surface area (Å²) in [5.74, 6) is 0. The van der Waals surface area contributed by atoms with Crippen molar-refractivity contribution in [3.05, 3.63) is 35.4 Å². The molecule has 1 aliphatic heterocycles. The molecule has 1 saturated carbocycles. The number of fused-ring (bicyclic) bond motifs is 1. The fourth-order valence-electron chi connectivity index (χ4n) is 2.56. The largest absolute Gasteiger partial charge is 0.324 e. The summed E-state index contributed by atoms with van der Waals surface area (Å²) >= 11 is 0. The minimum absolute atomic E-state index is 0.113. The molecule has 1 unspecified atom stereocenters. The van der Waals surface area contributed by atoms with E-state index in [2.05, 4.69) is 36.1 Å². The first-order chi connectivity index (χ1) is 7.19. The lowest BCUT2D eigenvalue weighted by atomic mass is 10.1. The molecule has 0 amide bonds. The van der Waals surface area contributed by atoms with Crippen molar-refractivity contribution in [2.24, 2.45) is 5.73 Å². The van der Waals surface area contributed by atoms with Crippen LogP contribution >= 0.6 is 0 Å². The molecule has 1 aromatic carbocycles. The molecule has 0 spiro atoms. The van der Waals surface area contributed by atoms with Crippen molar-refractivity contribution >= 4 is 0 Å². The second kappa shape index (κ2) is 3.06. The number of hydrogen-bond donors (Lipinski definition) is 1. The minimum Gasteiger partial charge on any atom is -0.324 e. The zero-order chi connectivity index (χ0) is 10.5. The Hall–Kier alpha value is -0.860. The molecule has 2 heteroatoms. The van der Waals surface area contributed by atoms with Crippen LogP contribution in [0.5, 0.6) is 0 Å². The maximum Gasteiger partial charge on any atom is 0.0311 e. The highest BCUT2D eigenvalue weighted by molar-refractivity contribution is 5.31. The van der Waals surface area contributed by atoms with Crippen LogP contribution in [0, 0.1) is 0 Å². The molecule has 0 saturated heterocycles. The van der Waals surface area contributed by atoms with E-state index in [4.69, 9.17) is 5.73 Å². The Morgan fingerprint density at radius 2 is 1.73 bits per heavy atom. The van der Waals surface area contributed by atoms with E-state index in [1.54, 1.807) is 0 Å². The standard InChI is InChI=1S/C13H18N2/c1-10(13(14)6-7-13)15-8-11-4-2-3-5-12(11)9-15/h2-5,10H,6-9,14H2,1H3. The Labute approximate surface area is 91.1 Å². The first kappa shape index (κ1) is 9.37. The Bertz CT molecular complexity index is 357. The highest BCUT2D eigenvalue weighted by atomic mass is 15.2. The third kappa shape index (κ3) is 1.48. The van der Waals surface area contributed by atoms with Gasteiger partial charge in [-0.25, -0.2) is 0 Å². The van der Waals surface area contributed by atoms with Gasteiger partial charge in [0.15, 0.2) is 0 Å². The van der Waals surface area contributed by atoms with Crippen LogP contribution in [0.2, 0.25) is 0 Å². The van der Waals surface area contributed by atoms with Crippen LogP contribution in [0.3, 0.4) is 0 Å². The molecule has 1 heterocycles. The molecule has 1 atom stereocenters. The first-order valence-electron chi connectivity index (χ1n) is 5.79. The van der Waals surface area contributed by atoms with Crippen molar-refractivity contribution in [2.75, 3.05) is 0 Å². The number of benzene rings is 1. The summed E-state index contributed by atoms with van der Waals surface area (Å²) in [6, 6.07) is 9.24. The van der Waals surface area contributed by atoms with E-state index in [0.717, 1.165) is 13.1 Å². The van der Waals surface area contributed by atoms with Crippen LogP contribution in [0.4, 0.5) is 0 Å². The van der Waals surface area contributed by atoms with Gasteiger partial charge in [-0.3, -0.25) is 4.90 Å². The molecule has 0 bridgehead atoms. The van der Waals surface area contributed by atoms with E-state index in [0.29, 0.717) is 6.04 Å². The van der Waals surface area contributed by atoms with Gasteiger partial charge in [0.1, 0.15) is 0 Å². The molecule has 80 valence electrons. The van der Waals surface area contributed by atoms with Crippen molar-refractivity contribution in [3.63, 3.8) is 0 Å². The van der Waals surface area contributed by atoms with Crippen molar-refractivity contribution in [1.29, 1.82) is 0 Å². The van der Waals surface area contributed by atoms with Crippen LogP contribution in [-0.4, -0.2) is 16.5 Å². The zero-order valence-corrected chi connectivity index (χ0v) is 9.24. The molecule has 0 radical (unpaired) electrons. The van der Waals surface area contributed by atoms with Crippen LogP contribution < -0.4 is 5.73 Å². The van der Waals surface area contributed by atoms with Gasteiger partial charge in [0.2, 0.25) is 0 Å². The lowest BCUT2D eigenvalue weighted by Crippen LogP contribution is -2.45. The van der Waals surface area contributed by atoms with E-state index in [1.165, 1.54) is 24.0 Å². The summed E-state index contributed by atoms with van der Waals surface area (Å²) < 4.78 is 0. The zero-order valence-electron chi connectivity index (χ0n) is 9.24. The summed E-state index contributed by atoms with van der Waals surface area (Å²) in [7, 11) is 0. The van der Waals surface area contributed by atoms with Gasteiger partial charge in [-0.05, 0) is 30.9 Å². The molecule has 1 aromatic rings. The normalized spacial score (nSPS) is 24.9. The number of nitrogens with two attached hydrogens (primary N) is 1. The molecule has 3 rings (SSSR count). The summed E-state index contributed by atoms with van der Waals surface area (Å²) in [4.78, 5) is 2.51. The fraction of sp³-hybridized carbons (Fsp3) is 0.538. The van der Waals surface area contributed by atoms with E-state index in [-0.39, 0.29) is 5.54 Å². The van der Waals surface area contributed by atoms with E-state index in [1.807, 2.05) is 0 Å². The molecular formula is C13H18N2. The average Bonchev–Trinajstić information content (AvgIpc) is 2.85. The smallest absolute Gasteiger partial charge is 0.0311 e. The maximum absolute atomic E-state index is 6.26. The predicted octanol–water partition coefficient (Wildman–Crippen LogP) is 1.88. The van der Waals surface area contributed by atoms with Crippen LogP contribution in [0.25, 0.3) is 0 Å². The Morgan fingerprint density at radius 1 is 1.20 bits per heavy atom. The number of nitrogens with zero attached hydrogens (tertiary/aromatic N) is 1. The third-order valence-corrected chi connectivity index (χ3v) is 4.07. The van der Waals surface area contributed by atoms with Gasteiger partial charge in [0, 0.05) is 24.7 Å². The van der Waals surface area contributed by atoms with Crippen molar-refractivity contribution in [2.45, 2.75) is 44.4 Å². The highest BCUT2D eigenvalue weighted by Crippen LogP contribution is 2.40. The molecule has 15 heavy (non-hydrogen) atoms. The first-order valence-corrected chi connectivity index (χ1v) is 5.79. The molecular weight excluding hydrogens is 184 g/mol. The predicted molar refractivity (Wildman–Crippen MR) is 61.3 cm³/mol. The van der Waals surface area contributed by atoms with Gasteiger partial charge < -0.3 is 5.73 Å². The summed E-state index contributed by atoms with van der Waals surface area (Å²) in [5, 5.41) is 0. The molecule has 0 aromatic heterocycles. The van der Waals surface area contributed by atoms with Crippen molar-refractivity contribution in [3.8, 4) is 0 Å². The Balaban J connectivity index is 1.78. The van der Waals surface area contributed by atoms with Gasteiger partial charge in [-0.2, -0.15) is 0 Å². The van der Waals surface area contributed by atoms with Crippen LogP contribution in [-0.2, 0) is 13.1 Å². The molecule has 2 N–H and O–H groups in total. The van der Waals surface area contributed by atoms with Gasteiger partial charge >= 0.3 is 0 Å². The van der Waals surface area contributed by atoms with Gasteiger partial charge in [-0.15, -0.1) is 0 Å². The Morgan fingerprint density at radius 3 is 2.20 bits per heavy atom. The van der Waals surface area contributed by atoms with Crippen molar-refractivity contribution in [1.82, 2.24) is 4.90 Å². The number of hydrogen-bond acceptors (Lipinski definition) is 2.